The van der Waals surface area contributed by atoms with Crippen molar-refractivity contribution >= 4 is 11.6 Å². The monoisotopic (exact) mass is 296 g/mol. The molecule has 2 aliphatic heterocycles. The van der Waals surface area contributed by atoms with Crippen LogP contribution < -0.4 is 4.74 Å². The number of aromatic nitrogens is 1. The first-order valence-corrected chi connectivity index (χ1v) is 7.79. The molecule has 0 aliphatic carbocycles. The summed E-state index contributed by atoms with van der Waals surface area (Å²) in [7, 11) is 0. The molecule has 3 rings (SSSR count). The molecule has 0 atom stereocenters. The highest BCUT2D eigenvalue weighted by Gasteiger charge is 2.27. The van der Waals surface area contributed by atoms with E-state index in [2.05, 4.69) is 9.88 Å². The summed E-state index contributed by atoms with van der Waals surface area (Å²) in [5, 5.41) is 0.645. The zero-order valence-corrected chi connectivity index (χ0v) is 12.4. The third-order valence-corrected chi connectivity index (χ3v) is 4.40. The minimum absolute atomic E-state index is 0.278. The first-order valence-electron chi connectivity index (χ1n) is 7.41. The van der Waals surface area contributed by atoms with Gasteiger partial charge in [-0.05, 0) is 31.7 Å². The van der Waals surface area contributed by atoms with Gasteiger partial charge in [0, 0.05) is 44.6 Å². The highest BCUT2D eigenvalue weighted by molar-refractivity contribution is 6.30. The van der Waals surface area contributed by atoms with E-state index in [-0.39, 0.29) is 6.10 Å². The third kappa shape index (κ3) is 3.62. The standard InChI is InChI=1S/C15H21ClN2O2/c16-12-1-2-15(17-11-12)20-14-3-7-18(8-4-14)13-5-9-19-10-6-13/h1-2,11,13-14H,3-10H2. The molecule has 1 aromatic rings. The first-order chi connectivity index (χ1) is 9.81. The van der Waals surface area contributed by atoms with Crippen LogP contribution in [0.2, 0.25) is 5.02 Å². The van der Waals surface area contributed by atoms with Gasteiger partial charge in [-0.2, -0.15) is 0 Å². The molecule has 20 heavy (non-hydrogen) atoms. The summed E-state index contributed by atoms with van der Waals surface area (Å²) in [6.45, 7) is 4.05. The fraction of sp³-hybridized carbons (Fsp3) is 0.667. The third-order valence-electron chi connectivity index (χ3n) is 4.17. The summed E-state index contributed by atoms with van der Waals surface area (Å²) in [4.78, 5) is 6.79. The molecule has 0 unspecified atom stereocenters. The topological polar surface area (TPSA) is 34.6 Å². The van der Waals surface area contributed by atoms with Gasteiger partial charge in [0.1, 0.15) is 6.10 Å². The maximum Gasteiger partial charge on any atom is 0.213 e. The van der Waals surface area contributed by atoms with E-state index in [4.69, 9.17) is 21.1 Å². The minimum atomic E-state index is 0.278. The maximum atomic E-state index is 5.92. The van der Waals surface area contributed by atoms with Crippen molar-refractivity contribution in [1.29, 1.82) is 0 Å². The van der Waals surface area contributed by atoms with E-state index >= 15 is 0 Å². The molecule has 2 saturated heterocycles. The fourth-order valence-corrected chi connectivity index (χ4v) is 3.12. The van der Waals surface area contributed by atoms with Crippen molar-refractivity contribution < 1.29 is 9.47 Å². The molecule has 110 valence electrons. The molecular formula is C15H21ClN2O2. The lowest BCUT2D eigenvalue weighted by atomic mass is 10.0. The van der Waals surface area contributed by atoms with E-state index in [1.807, 2.05) is 12.1 Å². The molecule has 0 spiro atoms. The van der Waals surface area contributed by atoms with Gasteiger partial charge in [-0.3, -0.25) is 4.90 Å². The average Bonchev–Trinajstić information content (AvgIpc) is 2.51. The van der Waals surface area contributed by atoms with E-state index in [1.54, 1.807) is 6.20 Å². The van der Waals surface area contributed by atoms with E-state index < -0.39 is 0 Å². The summed E-state index contributed by atoms with van der Waals surface area (Å²) < 4.78 is 11.4. The summed E-state index contributed by atoms with van der Waals surface area (Å²) in [6.07, 6.45) is 6.39. The minimum Gasteiger partial charge on any atom is -0.474 e. The Balaban J connectivity index is 1.47. The van der Waals surface area contributed by atoms with Gasteiger partial charge in [0.05, 0.1) is 5.02 Å². The van der Waals surface area contributed by atoms with E-state index in [9.17, 15) is 0 Å². The van der Waals surface area contributed by atoms with Crippen molar-refractivity contribution in [2.24, 2.45) is 0 Å². The van der Waals surface area contributed by atoms with Crippen LogP contribution in [0, 0.1) is 0 Å². The summed E-state index contributed by atoms with van der Waals surface area (Å²) in [5.74, 6) is 0.680. The molecule has 5 heteroatoms. The number of hydrogen-bond donors (Lipinski definition) is 0. The first kappa shape index (κ1) is 14.1. The summed E-state index contributed by atoms with van der Waals surface area (Å²) in [5.41, 5.74) is 0. The zero-order chi connectivity index (χ0) is 13.8. The quantitative estimate of drug-likeness (QED) is 0.859. The summed E-state index contributed by atoms with van der Waals surface area (Å²) >= 11 is 5.82. The van der Waals surface area contributed by atoms with Crippen molar-refractivity contribution in [3.63, 3.8) is 0 Å². The Morgan fingerprint density at radius 1 is 1.15 bits per heavy atom. The average molecular weight is 297 g/mol. The van der Waals surface area contributed by atoms with Crippen LogP contribution in [0.1, 0.15) is 25.7 Å². The van der Waals surface area contributed by atoms with Crippen molar-refractivity contribution in [1.82, 2.24) is 9.88 Å². The molecule has 0 aromatic carbocycles. The van der Waals surface area contributed by atoms with Crippen LogP contribution in [0.25, 0.3) is 0 Å². The Morgan fingerprint density at radius 3 is 2.55 bits per heavy atom. The number of hydrogen-bond acceptors (Lipinski definition) is 4. The second-order valence-electron chi connectivity index (χ2n) is 5.51. The van der Waals surface area contributed by atoms with Crippen LogP contribution in [0.3, 0.4) is 0 Å². The van der Waals surface area contributed by atoms with Gasteiger partial charge in [-0.15, -0.1) is 0 Å². The second-order valence-corrected chi connectivity index (χ2v) is 5.95. The van der Waals surface area contributed by atoms with Gasteiger partial charge in [-0.1, -0.05) is 11.6 Å². The maximum absolute atomic E-state index is 5.92. The summed E-state index contributed by atoms with van der Waals surface area (Å²) in [6, 6.07) is 4.37. The number of nitrogens with zero attached hydrogens (tertiary/aromatic N) is 2. The van der Waals surface area contributed by atoms with E-state index in [0.717, 1.165) is 39.1 Å². The molecular weight excluding hydrogens is 276 g/mol. The van der Waals surface area contributed by atoms with Gasteiger partial charge in [0.2, 0.25) is 5.88 Å². The largest absolute Gasteiger partial charge is 0.474 e. The lowest BCUT2D eigenvalue weighted by Crippen LogP contribution is -2.46. The number of rotatable bonds is 3. The molecule has 0 saturated carbocycles. The van der Waals surface area contributed by atoms with Crippen molar-refractivity contribution in [3.8, 4) is 5.88 Å². The smallest absolute Gasteiger partial charge is 0.213 e. The Hall–Kier alpha value is -0.840. The van der Waals surface area contributed by atoms with Crippen molar-refractivity contribution in [3.05, 3.63) is 23.4 Å². The molecule has 2 aliphatic rings. The molecule has 2 fully saturated rings. The predicted octanol–water partition coefficient (Wildman–Crippen LogP) is 2.76. The second kappa shape index (κ2) is 6.74. The van der Waals surface area contributed by atoms with Crippen molar-refractivity contribution in [2.45, 2.75) is 37.8 Å². The Morgan fingerprint density at radius 2 is 1.90 bits per heavy atom. The molecule has 1 aromatic heterocycles. The van der Waals surface area contributed by atoms with Gasteiger partial charge in [0.25, 0.3) is 0 Å². The van der Waals surface area contributed by atoms with Crippen molar-refractivity contribution in [2.75, 3.05) is 26.3 Å². The number of halogens is 1. The molecule has 0 amide bonds. The van der Waals surface area contributed by atoms with Crippen LogP contribution in [0.15, 0.2) is 18.3 Å². The number of pyridine rings is 1. The van der Waals surface area contributed by atoms with E-state index in [1.165, 1.54) is 12.8 Å². The Bertz CT molecular complexity index is 412. The highest BCUT2D eigenvalue weighted by atomic mass is 35.5. The van der Waals surface area contributed by atoms with Gasteiger partial charge in [0.15, 0.2) is 0 Å². The zero-order valence-electron chi connectivity index (χ0n) is 11.6. The van der Waals surface area contributed by atoms with Crippen LogP contribution in [-0.2, 0) is 4.74 Å². The molecule has 3 heterocycles. The van der Waals surface area contributed by atoms with Crippen LogP contribution in [0.4, 0.5) is 0 Å². The molecule has 0 radical (unpaired) electrons. The predicted molar refractivity (Wildman–Crippen MR) is 78.3 cm³/mol. The van der Waals surface area contributed by atoms with Gasteiger partial charge >= 0.3 is 0 Å². The van der Waals surface area contributed by atoms with Crippen LogP contribution in [-0.4, -0.2) is 48.3 Å². The molecule has 4 nitrogen and oxygen atoms in total. The lowest BCUT2D eigenvalue weighted by Gasteiger charge is -2.39. The Kier molecular flexibility index (Phi) is 4.76. The molecule has 0 N–H and O–H groups in total. The lowest BCUT2D eigenvalue weighted by molar-refractivity contribution is 0.00947. The van der Waals surface area contributed by atoms with Gasteiger partial charge in [-0.25, -0.2) is 4.98 Å². The normalized spacial score (nSPS) is 22.9. The number of likely N-dealkylation sites (tertiary alicyclic amines) is 1. The van der Waals surface area contributed by atoms with Crippen LogP contribution in [0.5, 0.6) is 5.88 Å². The fourth-order valence-electron chi connectivity index (χ4n) is 3.01. The van der Waals surface area contributed by atoms with E-state index in [0.29, 0.717) is 16.9 Å². The number of piperidine rings is 1. The molecule has 0 bridgehead atoms. The van der Waals surface area contributed by atoms with Gasteiger partial charge < -0.3 is 9.47 Å². The van der Waals surface area contributed by atoms with Crippen LogP contribution >= 0.6 is 11.6 Å². The SMILES string of the molecule is Clc1ccc(OC2CCN(C3CCOCC3)CC2)nc1. The number of ether oxygens (including phenoxy) is 2. The highest BCUT2D eigenvalue weighted by Crippen LogP contribution is 2.22. The Labute approximate surface area is 125 Å².